The molecule has 2 aliphatic rings. The molecule has 0 spiro atoms. The van der Waals surface area contributed by atoms with Gasteiger partial charge in [-0.1, -0.05) is 29.3 Å². The molecule has 1 saturated carbocycles. The minimum atomic E-state index is -2.56. The van der Waals surface area contributed by atoms with Crippen LogP contribution in [0.2, 0.25) is 10.0 Å². The van der Waals surface area contributed by atoms with Gasteiger partial charge in [-0.2, -0.15) is 4.39 Å². The van der Waals surface area contributed by atoms with Crippen LogP contribution >= 0.6 is 35.1 Å². The maximum Gasteiger partial charge on any atom is 0.251 e. The van der Waals surface area contributed by atoms with E-state index in [1.54, 1.807) is 13.2 Å². The first-order chi connectivity index (χ1) is 16.0. The van der Waals surface area contributed by atoms with Crippen LogP contribution in [-0.2, 0) is 4.74 Å². The highest BCUT2D eigenvalue weighted by Gasteiger charge is 2.48. The van der Waals surface area contributed by atoms with Gasteiger partial charge >= 0.3 is 0 Å². The van der Waals surface area contributed by atoms with E-state index >= 15 is 4.39 Å². The van der Waals surface area contributed by atoms with E-state index in [1.807, 2.05) is 16.8 Å². The number of hydrogen-bond donors (Lipinski definition) is 1. The zero-order chi connectivity index (χ0) is 24.7. The van der Waals surface area contributed by atoms with E-state index in [0.717, 1.165) is 11.9 Å². The Hall–Kier alpha value is -1.46. The SMILES string of the molecule is COC1(CCN(C)C2CC(F)(F)C2)CN(c2cc(Cl)c(SNc3cccc(F)n3)c(F)c2Cl)C1. The topological polar surface area (TPSA) is 40.6 Å². The Morgan fingerprint density at radius 2 is 1.97 bits per heavy atom. The fourth-order valence-corrected chi connectivity index (χ4v) is 5.47. The van der Waals surface area contributed by atoms with Gasteiger partial charge in [-0.05, 0) is 43.6 Å². The molecular formula is C22H24Cl2F4N4OS. The van der Waals surface area contributed by atoms with Crippen LogP contribution in [0.1, 0.15) is 19.3 Å². The zero-order valence-corrected chi connectivity index (χ0v) is 20.9. The number of pyridine rings is 1. The second-order valence-electron chi connectivity index (χ2n) is 8.78. The van der Waals surface area contributed by atoms with Crippen molar-refractivity contribution in [2.75, 3.05) is 43.4 Å². The van der Waals surface area contributed by atoms with Gasteiger partial charge in [-0.15, -0.1) is 0 Å². The molecule has 1 aromatic heterocycles. The van der Waals surface area contributed by atoms with Gasteiger partial charge in [0.1, 0.15) is 16.4 Å². The highest BCUT2D eigenvalue weighted by atomic mass is 35.5. The molecule has 1 N–H and O–H groups in total. The van der Waals surface area contributed by atoms with Crippen LogP contribution in [0.15, 0.2) is 29.2 Å². The molecule has 0 atom stereocenters. The lowest BCUT2D eigenvalue weighted by Gasteiger charge is -2.51. The van der Waals surface area contributed by atoms with Crippen molar-refractivity contribution in [2.45, 2.75) is 41.7 Å². The van der Waals surface area contributed by atoms with E-state index in [0.29, 0.717) is 31.7 Å². The summed E-state index contributed by atoms with van der Waals surface area (Å²) in [7, 11) is 3.45. The molecule has 0 unspecified atom stereocenters. The van der Waals surface area contributed by atoms with Crippen molar-refractivity contribution in [1.29, 1.82) is 0 Å². The molecule has 1 aliphatic carbocycles. The third-order valence-corrected chi connectivity index (χ3v) is 8.10. The molecular weight excluding hydrogens is 515 g/mol. The van der Waals surface area contributed by atoms with E-state index in [1.165, 1.54) is 18.2 Å². The normalized spacial score (nSPS) is 19.1. The molecule has 0 amide bonds. The Bertz CT molecular complexity index is 1050. The van der Waals surface area contributed by atoms with Crippen molar-refractivity contribution in [3.05, 3.63) is 46.1 Å². The monoisotopic (exact) mass is 538 g/mol. The van der Waals surface area contributed by atoms with E-state index < -0.39 is 23.3 Å². The number of hydrogen-bond acceptors (Lipinski definition) is 6. The van der Waals surface area contributed by atoms with Crippen molar-refractivity contribution >= 4 is 46.7 Å². The largest absolute Gasteiger partial charge is 0.374 e. The van der Waals surface area contributed by atoms with Crippen LogP contribution < -0.4 is 9.62 Å². The van der Waals surface area contributed by atoms with Gasteiger partial charge in [0.2, 0.25) is 5.95 Å². The summed E-state index contributed by atoms with van der Waals surface area (Å²) in [5.74, 6) is -3.71. The summed E-state index contributed by atoms with van der Waals surface area (Å²) >= 11 is 13.5. The summed E-state index contributed by atoms with van der Waals surface area (Å²) in [6.07, 6.45) is 0.417. The standard InChI is InChI=1S/C22H24Cl2F4N4OS/c1-31(13-9-22(27,28)10-13)7-6-21(33-2)11-32(12-21)15-8-14(23)20(19(26)18(15)24)34-30-17-5-3-4-16(25)29-17/h3-5,8,13H,6-7,9-12H2,1-2H3,(H,29,30). The molecule has 1 aliphatic heterocycles. The quantitative estimate of drug-likeness (QED) is 0.180. The van der Waals surface area contributed by atoms with E-state index in [-0.39, 0.29) is 39.6 Å². The fraction of sp³-hybridized carbons (Fsp3) is 0.500. The van der Waals surface area contributed by atoms with Crippen LogP contribution in [-0.4, -0.2) is 61.2 Å². The summed E-state index contributed by atoms with van der Waals surface area (Å²) in [5.41, 5.74) is -0.0396. The molecule has 2 heterocycles. The van der Waals surface area contributed by atoms with Gasteiger partial charge in [0.15, 0.2) is 5.82 Å². The van der Waals surface area contributed by atoms with Crippen molar-refractivity contribution < 1.29 is 22.3 Å². The predicted octanol–water partition coefficient (Wildman–Crippen LogP) is 6.11. The molecule has 0 bridgehead atoms. The van der Waals surface area contributed by atoms with E-state index in [2.05, 4.69) is 9.71 Å². The Balaban J connectivity index is 1.38. The van der Waals surface area contributed by atoms with Crippen LogP contribution in [0.4, 0.5) is 29.1 Å². The molecule has 1 aromatic carbocycles. The lowest BCUT2D eigenvalue weighted by atomic mass is 9.85. The zero-order valence-electron chi connectivity index (χ0n) is 18.6. The lowest BCUT2D eigenvalue weighted by Crippen LogP contribution is -2.64. The molecule has 2 fully saturated rings. The van der Waals surface area contributed by atoms with E-state index in [9.17, 15) is 13.2 Å². The molecule has 5 nitrogen and oxygen atoms in total. The van der Waals surface area contributed by atoms with Gasteiger partial charge in [0.25, 0.3) is 5.92 Å². The summed E-state index contributed by atoms with van der Waals surface area (Å²) in [5, 5.41) is 0.0609. The molecule has 0 radical (unpaired) electrons. The van der Waals surface area contributed by atoms with E-state index in [4.69, 9.17) is 27.9 Å². The van der Waals surface area contributed by atoms with Gasteiger partial charge in [0.05, 0.1) is 15.6 Å². The van der Waals surface area contributed by atoms with Crippen LogP contribution in [0.5, 0.6) is 0 Å². The summed E-state index contributed by atoms with van der Waals surface area (Å²) in [4.78, 5) is 7.54. The number of aromatic nitrogens is 1. The molecule has 186 valence electrons. The average Bonchev–Trinajstić information content (AvgIpc) is 2.74. The third kappa shape index (κ3) is 5.36. The number of ether oxygens (including phenoxy) is 1. The Kier molecular flexibility index (Phi) is 7.45. The van der Waals surface area contributed by atoms with Crippen LogP contribution in [0, 0.1) is 11.8 Å². The third-order valence-electron chi connectivity index (χ3n) is 6.41. The van der Waals surface area contributed by atoms with Gasteiger partial charge in [-0.3, -0.25) is 0 Å². The van der Waals surface area contributed by atoms with Gasteiger partial charge in [0, 0.05) is 45.6 Å². The van der Waals surface area contributed by atoms with Gasteiger partial charge < -0.3 is 19.3 Å². The number of nitrogens with one attached hydrogen (secondary N) is 1. The first-order valence-corrected chi connectivity index (χ1v) is 12.2. The highest BCUT2D eigenvalue weighted by Crippen LogP contribution is 2.44. The number of methoxy groups -OCH3 is 1. The Morgan fingerprint density at radius 3 is 2.59 bits per heavy atom. The molecule has 12 heteroatoms. The van der Waals surface area contributed by atoms with Crippen LogP contribution in [0.3, 0.4) is 0 Å². The predicted molar refractivity (Wildman–Crippen MR) is 127 cm³/mol. The number of nitrogens with zero attached hydrogens (tertiary/aromatic N) is 3. The number of rotatable bonds is 9. The first kappa shape index (κ1) is 25.6. The minimum Gasteiger partial charge on any atom is -0.374 e. The number of alkyl halides is 2. The molecule has 2 aromatic rings. The van der Waals surface area contributed by atoms with Crippen molar-refractivity contribution in [1.82, 2.24) is 9.88 Å². The van der Waals surface area contributed by atoms with Crippen molar-refractivity contribution in [2.24, 2.45) is 0 Å². The second-order valence-corrected chi connectivity index (χ2v) is 10.4. The molecule has 4 rings (SSSR count). The molecule has 1 saturated heterocycles. The fourth-order valence-electron chi connectivity index (χ4n) is 4.17. The highest BCUT2D eigenvalue weighted by molar-refractivity contribution is 8.00. The Morgan fingerprint density at radius 1 is 1.26 bits per heavy atom. The maximum absolute atomic E-state index is 15.1. The maximum atomic E-state index is 15.1. The second kappa shape index (κ2) is 9.89. The lowest BCUT2D eigenvalue weighted by molar-refractivity contribution is -0.124. The van der Waals surface area contributed by atoms with Crippen LogP contribution in [0.25, 0.3) is 0 Å². The number of halogens is 6. The number of anilines is 2. The smallest absolute Gasteiger partial charge is 0.251 e. The minimum absolute atomic E-state index is 0.0685. The average molecular weight is 539 g/mol. The number of benzene rings is 1. The summed E-state index contributed by atoms with van der Waals surface area (Å²) in [6, 6.07) is 5.67. The summed E-state index contributed by atoms with van der Waals surface area (Å²) in [6.45, 7) is 1.54. The summed E-state index contributed by atoms with van der Waals surface area (Å²) < 4.78 is 63.1. The van der Waals surface area contributed by atoms with Crippen molar-refractivity contribution in [3.63, 3.8) is 0 Å². The van der Waals surface area contributed by atoms with Gasteiger partial charge in [-0.25, -0.2) is 18.2 Å². The molecule has 34 heavy (non-hydrogen) atoms. The Labute approximate surface area is 209 Å². The van der Waals surface area contributed by atoms with Crippen molar-refractivity contribution in [3.8, 4) is 0 Å². The first-order valence-electron chi connectivity index (χ1n) is 10.6.